The molecule has 0 aromatic heterocycles. The van der Waals surface area contributed by atoms with E-state index in [1.807, 2.05) is 17.0 Å². The van der Waals surface area contributed by atoms with Crippen molar-refractivity contribution < 1.29 is 9.90 Å². The summed E-state index contributed by atoms with van der Waals surface area (Å²) in [6, 6.07) is 16.4. The van der Waals surface area contributed by atoms with Gasteiger partial charge in [0.25, 0.3) is 0 Å². The quantitative estimate of drug-likeness (QED) is 0.893. The molecule has 25 heavy (non-hydrogen) atoms. The molecule has 3 rings (SSSR count). The van der Waals surface area contributed by atoms with Crippen LogP contribution in [-0.4, -0.2) is 48.6 Å². The fraction of sp³-hybridized carbons (Fsp3) is 0.263. The van der Waals surface area contributed by atoms with E-state index >= 15 is 0 Å². The Kier molecular flexibility index (Phi) is 5.05. The molecule has 1 amide bonds. The fourth-order valence-corrected chi connectivity index (χ4v) is 2.88. The number of phenolic OH excluding ortho intramolecular Hbond substituents is 1. The number of aromatic hydroxyl groups is 1. The highest BCUT2D eigenvalue weighted by molar-refractivity contribution is 5.81. The second-order valence-electron chi connectivity index (χ2n) is 5.90. The Morgan fingerprint density at radius 3 is 2.40 bits per heavy atom. The maximum atomic E-state index is 12.3. The van der Waals surface area contributed by atoms with Gasteiger partial charge in [0.15, 0.2) is 0 Å². The summed E-state index contributed by atoms with van der Waals surface area (Å²) < 4.78 is 0. The Labute approximate surface area is 146 Å². The maximum absolute atomic E-state index is 12.3. The van der Waals surface area contributed by atoms with Crippen molar-refractivity contribution in [3.05, 3.63) is 54.1 Å². The fourth-order valence-electron chi connectivity index (χ4n) is 2.88. The molecule has 1 aliphatic rings. The van der Waals surface area contributed by atoms with E-state index in [0.717, 1.165) is 11.4 Å². The average molecular weight is 336 g/mol. The van der Waals surface area contributed by atoms with Gasteiger partial charge in [0.1, 0.15) is 5.75 Å². The highest BCUT2D eigenvalue weighted by Gasteiger charge is 2.22. The summed E-state index contributed by atoms with van der Waals surface area (Å²) in [5.41, 5.74) is 2.22. The molecule has 128 valence electrons. The lowest BCUT2D eigenvalue weighted by Crippen LogP contribution is -2.50. The number of piperazine rings is 1. The number of nitrogens with one attached hydrogen (secondary N) is 1. The zero-order valence-electron chi connectivity index (χ0n) is 13.9. The number of carbonyl (C=O) groups is 1. The van der Waals surface area contributed by atoms with Crippen LogP contribution in [0.1, 0.15) is 5.56 Å². The minimum absolute atomic E-state index is 0.0429. The Hall–Kier alpha value is -3.20. The second-order valence-corrected chi connectivity index (χ2v) is 5.90. The van der Waals surface area contributed by atoms with Crippen LogP contribution in [0.5, 0.6) is 5.75 Å². The Bertz CT molecular complexity index is 775. The van der Waals surface area contributed by atoms with Gasteiger partial charge in [-0.1, -0.05) is 12.1 Å². The second kappa shape index (κ2) is 7.58. The Morgan fingerprint density at radius 1 is 1.08 bits per heavy atom. The number of phenols is 1. The van der Waals surface area contributed by atoms with Crippen LogP contribution in [0.2, 0.25) is 0 Å². The number of hydrogen-bond donors (Lipinski definition) is 2. The number of para-hydroxylation sites is 2. The molecule has 2 N–H and O–H groups in total. The summed E-state index contributed by atoms with van der Waals surface area (Å²) in [6.45, 7) is 2.87. The Morgan fingerprint density at radius 2 is 1.76 bits per heavy atom. The summed E-state index contributed by atoms with van der Waals surface area (Å²) in [5, 5.41) is 21.8. The van der Waals surface area contributed by atoms with E-state index in [1.165, 1.54) is 0 Å². The standard InChI is InChI=1S/C19H20N4O2/c20-13-15-5-7-16(8-6-15)21-14-19(25)23-11-9-22(10-12-23)17-3-1-2-4-18(17)24/h1-8,21,24H,9-12,14H2. The number of amides is 1. The van der Waals surface area contributed by atoms with Crippen molar-refractivity contribution in [1.82, 2.24) is 4.90 Å². The minimum atomic E-state index is 0.0429. The first-order chi connectivity index (χ1) is 12.2. The molecule has 1 aliphatic heterocycles. The van der Waals surface area contributed by atoms with E-state index in [0.29, 0.717) is 31.7 Å². The Balaban J connectivity index is 1.50. The van der Waals surface area contributed by atoms with Gasteiger partial charge in [-0.2, -0.15) is 5.26 Å². The highest BCUT2D eigenvalue weighted by atomic mass is 16.3. The van der Waals surface area contributed by atoms with Gasteiger partial charge >= 0.3 is 0 Å². The van der Waals surface area contributed by atoms with Crippen molar-refractivity contribution in [3.8, 4) is 11.8 Å². The lowest BCUT2D eigenvalue weighted by Gasteiger charge is -2.36. The van der Waals surface area contributed by atoms with Crippen molar-refractivity contribution in [1.29, 1.82) is 5.26 Å². The van der Waals surface area contributed by atoms with Crippen LogP contribution < -0.4 is 10.2 Å². The summed E-state index contributed by atoms with van der Waals surface area (Å²) >= 11 is 0. The van der Waals surface area contributed by atoms with E-state index in [4.69, 9.17) is 5.26 Å². The molecule has 1 saturated heterocycles. The van der Waals surface area contributed by atoms with Gasteiger partial charge in [0, 0.05) is 31.9 Å². The maximum Gasteiger partial charge on any atom is 0.241 e. The topological polar surface area (TPSA) is 79.6 Å². The van der Waals surface area contributed by atoms with Crippen LogP contribution in [0.4, 0.5) is 11.4 Å². The molecule has 0 spiro atoms. The number of nitriles is 1. The predicted octanol–water partition coefficient (Wildman–Crippen LogP) is 2.02. The zero-order chi connectivity index (χ0) is 17.6. The zero-order valence-corrected chi connectivity index (χ0v) is 13.9. The molecule has 1 heterocycles. The molecule has 0 saturated carbocycles. The molecule has 0 atom stereocenters. The molecule has 2 aromatic carbocycles. The van der Waals surface area contributed by atoms with Crippen molar-refractivity contribution in [3.63, 3.8) is 0 Å². The van der Waals surface area contributed by atoms with Crippen molar-refractivity contribution in [2.75, 3.05) is 42.9 Å². The number of benzene rings is 2. The number of hydrogen-bond acceptors (Lipinski definition) is 5. The van der Waals surface area contributed by atoms with Gasteiger partial charge in [-0.25, -0.2) is 0 Å². The van der Waals surface area contributed by atoms with E-state index in [-0.39, 0.29) is 18.2 Å². The summed E-state index contributed by atoms with van der Waals surface area (Å²) in [6.07, 6.45) is 0. The number of nitrogens with zero attached hydrogens (tertiary/aromatic N) is 3. The van der Waals surface area contributed by atoms with Crippen LogP contribution in [0.15, 0.2) is 48.5 Å². The van der Waals surface area contributed by atoms with E-state index in [9.17, 15) is 9.90 Å². The van der Waals surface area contributed by atoms with Crippen LogP contribution in [0, 0.1) is 11.3 Å². The summed E-state index contributed by atoms with van der Waals surface area (Å²) in [4.78, 5) is 16.3. The van der Waals surface area contributed by atoms with Gasteiger partial charge in [-0.3, -0.25) is 4.79 Å². The molecule has 0 bridgehead atoms. The lowest BCUT2D eigenvalue weighted by atomic mass is 10.2. The number of anilines is 2. The summed E-state index contributed by atoms with van der Waals surface area (Å²) in [5.74, 6) is 0.311. The number of carbonyl (C=O) groups excluding carboxylic acids is 1. The SMILES string of the molecule is N#Cc1ccc(NCC(=O)N2CCN(c3ccccc3O)CC2)cc1. The highest BCUT2D eigenvalue weighted by Crippen LogP contribution is 2.27. The largest absolute Gasteiger partial charge is 0.506 e. The molecule has 6 heteroatoms. The van der Waals surface area contributed by atoms with Crippen LogP contribution in [0.25, 0.3) is 0 Å². The van der Waals surface area contributed by atoms with Gasteiger partial charge in [0.2, 0.25) is 5.91 Å². The monoisotopic (exact) mass is 336 g/mol. The predicted molar refractivity (Wildman–Crippen MR) is 96.5 cm³/mol. The first-order valence-corrected chi connectivity index (χ1v) is 8.22. The molecular weight excluding hydrogens is 316 g/mol. The van der Waals surface area contributed by atoms with Crippen molar-refractivity contribution >= 4 is 17.3 Å². The normalized spacial score (nSPS) is 14.0. The third-order valence-corrected chi connectivity index (χ3v) is 4.31. The molecule has 0 unspecified atom stereocenters. The van der Waals surface area contributed by atoms with Crippen LogP contribution in [-0.2, 0) is 4.79 Å². The van der Waals surface area contributed by atoms with Gasteiger partial charge in [-0.15, -0.1) is 0 Å². The first kappa shape index (κ1) is 16.7. The van der Waals surface area contributed by atoms with Crippen molar-refractivity contribution in [2.45, 2.75) is 0 Å². The number of rotatable bonds is 4. The molecule has 6 nitrogen and oxygen atoms in total. The molecule has 0 radical (unpaired) electrons. The van der Waals surface area contributed by atoms with Gasteiger partial charge in [0.05, 0.1) is 23.9 Å². The van der Waals surface area contributed by atoms with E-state index in [2.05, 4.69) is 16.3 Å². The third-order valence-electron chi connectivity index (χ3n) is 4.31. The van der Waals surface area contributed by atoms with Crippen molar-refractivity contribution in [2.24, 2.45) is 0 Å². The third kappa shape index (κ3) is 4.01. The average Bonchev–Trinajstić information content (AvgIpc) is 2.67. The molecule has 2 aromatic rings. The molecule has 1 fully saturated rings. The van der Waals surface area contributed by atoms with E-state index in [1.54, 1.807) is 36.4 Å². The first-order valence-electron chi connectivity index (χ1n) is 8.22. The smallest absolute Gasteiger partial charge is 0.241 e. The molecular formula is C19H20N4O2. The van der Waals surface area contributed by atoms with Gasteiger partial charge < -0.3 is 20.2 Å². The van der Waals surface area contributed by atoms with Crippen LogP contribution in [0.3, 0.4) is 0 Å². The van der Waals surface area contributed by atoms with E-state index < -0.39 is 0 Å². The van der Waals surface area contributed by atoms with Gasteiger partial charge in [-0.05, 0) is 36.4 Å². The lowest BCUT2D eigenvalue weighted by molar-refractivity contribution is -0.129. The minimum Gasteiger partial charge on any atom is -0.506 e. The van der Waals surface area contributed by atoms with Crippen LogP contribution >= 0.6 is 0 Å². The summed E-state index contributed by atoms with van der Waals surface area (Å²) in [7, 11) is 0. The molecule has 0 aliphatic carbocycles.